The molecule has 2 aromatic rings. The normalized spacial score (nSPS) is 11.6. The number of nitrogens with one attached hydrogen (secondary N) is 1. The molecule has 0 saturated carbocycles. The summed E-state index contributed by atoms with van der Waals surface area (Å²) >= 11 is 0. The highest BCUT2D eigenvalue weighted by atomic mass is 32.2. The van der Waals surface area contributed by atoms with Crippen LogP contribution >= 0.6 is 0 Å². The van der Waals surface area contributed by atoms with E-state index in [-0.39, 0.29) is 10.5 Å². The summed E-state index contributed by atoms with van der Waals surface area (Å²) in [5.74, 6) is -1.59. The standard InChI is InChI=1S/C14H14F2N2O2S/c15-13-2-1-3-14(16)12(13)9-18-21(19,20)11-6-4-10(8-17)5-7-11/h1-7,18H,8-9,17H2. The number of sulfonamides is 1. The highest BCUT2D eigenvalue weighted by molar-refractivity contribution is 7.89. The third-order valence-electron chi connectivity index (χ3n) is 2.97. The third kappa shape index (κ3) is 3.63. The van der Waals surface area contributed by atoms with Gasteiger partial charge in [-0.3, -0.25) is 0 Å². The predicted molar refractivity (Wildman–Crippen MR) is 74.7 cm³/mol. The molecule has 21 heavy (non-hydrogen) atoms. The van der Waals surface area contributed by atoms with Crippen molar-refractivity contribution in [3.05, 3.63) is 65.2 Å². The van der Waals surface area contributed by atoms with Gasteiger partial charge in [-0.15, -0.1) is 0 Å². The van der Waals surface area contributed by atoms with Crippen molar-refractivity contribution in [1.29, 1.82) is 0 Å². The molecule has 0 atom stereocenters. The SMILES string of the molecule is NCc1ccc(S(=O)(=O)NCc2c(F)cccc2F)cc1. The van der Waals surface area contributed by atoms with Crippen LogP contribution < -0.4 is 10.5 Å². The van der Waals surface area contributed by atoms with Gasteiger partial charge in [-0.25, -0.2) is 21.9 Å². The first kappa shape index (κ1) is 15.6. The Hall–Kier alpha value is -1.83. The van der Waals surface area contributed by atoms with Gasteiger partial charge in [0.15, 0.2) is 0 Å². The van der Waals surface area contributed by atoms with Gasteiger partial charge in [0.05, 0.1) is 4.90 Å². The average Bonchev–Trinajstić information content (AvgIpc) is 2.47. The summed E-state index contributed by atoms with van der Waals surface area (Å²) in [6.07, 6.45) is 0. The van der Waals surface area contributed by atoms with E-state index in [1.807, 2.05) is 0 Å². The van der Waals surface area contributed by atoms with Gasteiger partial charge in [-0.05, 0) is 29.8 Å². The van der Waals surface area contributed by atoms with Gasteiger partial charge in [-0.2, -0.15) is 0 Å². The number of hydrogen-bond donors (Lipinski definition) is 2. The van der Waals surface area contributed by atoms with Crippen molar-refractivity contribution < 1.29 is 17.2 Å². The molecule has 0 fully saturated rings. The molecule has 0 aliphatic carbocycles. The van der Waals surface area contributed by atoms with Crippen LogP contribution in [0.1, 0.15) is 11.1 Å². The maximum atomic E-state index is 13.4. The van der Waals surface area contributed by atoms with E-state index in [1.165, 1.54) is 18.2 Å². The Labute approximate surface area is 121 Å². The Morgan fingerprint density at radius 2 is 1.57 bits per heavy atom. The van der Waals surface area contributed by atoms with E-state index in [4.69, 9.17) is 5.73 Å². The van der Waals surface area contributed by atoms with Crippen LogP contribution in [-0.4, -0.2) is 8.42 Å². The first-order chi connectivity index (χ1) is 9.94. The average molecular weight is 312 g/mol. The quantitative estimate of drug-likeness (QED) is 0.886. The number of nitrogens with two attached hydrogens (primary N) is 1. The first-order valence-corrected chi connectivity index (χ1v) is 7.64. The summed E-state index contributed by atoms with van der Waals surface area (Å²) in [5, 5.41) is 0. The number of rotatable bonds is 5. The van der Waals surface area contributed by atoms with E-state index in [0.29, 0.717) is 6.54 Å². The van der Waals surface area contributed by atoms with Crippen molar-refractivity contribution in [2.24, 2.45) is 5.73 Å². The second-order valence-corrected chi connectivity index (χ2v) is 6.14. The molecule has 0 radical (unpaired) electrons. The summed E-state index contributed by atoms with van der Waals surface area (Å²) in [7, 11) is -3.84. The Morgan fingerprint density at radius 1 is 1.00 bits per heavy atom. The highest BCUT2D eigenvalue weighted by Gasteiger charge is 2.16. The zero-order valence-corrected chi connectivity index (χ0v) is 11.8. The summed E-state index contributed by atoms with van der Waals surface area (Å²) < 4.78 is 53.1. The molecule has 0 bridgehead atoms. The van der Waals surface area contributed by atoms with Gasteiger partial charge in [-0.1, -0.05) is 18.2 Å². The van der Waals surface area contributed by atoms with Crippen LogP contribution in [0.3, 0.4) is 0 Å². The fraction of sp³-hybridized carbons (Fsp3) is 0.143. The minimum atomic E-state index is -3.84. The van der Waals surface area contributed by atoms with Gasteiger partial charge in [0.1, 0.15) is 11.6 Å². The van der Waals surface area contributed by atoms with Gasteiger partial charge in [0, 0.05) is 18.7 Å². The second-order valence-electron chi connectivity index (χ2n) is 4.37. The van der Waals surface area contributed by atoms with Crippen molar-refractivity contribution in [3.63, 3.8) is 0 Å². The lowest BCUT2D eigenvalue weighted by atomic mass is 10.2. The van der Waals surface area contributed by atoms with E-state index in [1.54, 1.807) is 12.1 Å². The lowest BCUT2D eigenvalue weighted by Crippen LogP contribution is -2.24. The van der Waals surface area contributed by atoms with Gasteiger partial charge >= 0.3 is 0 Å². The molecule has 0 aliphatic heterocycles. The Kier molecular flexibility index (Phi) is 4.66. The molecular weight excluding hydrogens is 298 g/mol. The maximum absolute atomic E-state index is 13.4. The lowest BCUT2D eigenvalue weighted by molar-refractivity contribution is 0.544. The van der Waals surface area contributed by atoms with Crippen molar-refractivity contribution in [2.75, 3.05) is 0 Å². The topological polar surface area (TPSA) is 72.2 Å². The largest absolute Gasteiger partial charge is 0.326 e. The van der Waals surface area contributed by atoms with Crippen molar-refractivity contribution in [3.8, 4) is 0 Å². The molecule has 0 amide bonds. The Morgan fingerprint density at radius 3 is 2.10 bits per heavy atom. The molecule has 2 rings (SSSR count). The summed E-state index contributed by atoms with van der Waals surface area (Å²) in [6.45, 7) is -0.159. The molecule has 0 aromatic heterocycles. The van der Waals surface area contributed by atoms with E-state index in [2.05, 4.69) is 4.72 Å². The summed E-state index contributed by atoms with van der Waals surface area (Å²) in [4.78, 5) is 0.0106. The minimum Gasteiger partial charge on any atom is -0.326 e. The zero-order valence-electron chi connectivity index (χ0n) is 11.0. The molecule has 112 valence electrons. The van der Waals surface area contributed by atoms with Crippen LogP contribution in [0, 0.1) is 11.6 Å². The van der Waals surface area contributed by atoms with Crippen LogP contribution in [-0.2, 0) is 23.1 Å². The van der Waals surface area contributed by atoms with E-state index < -0.39 is 28.2 Å². The van der Waals surface area contributed by atoms with E-state index >= 15 is 0 Å². The molecule has 0 spiro atoms. The molecule has 0 saturated heterocycles. The fourth-order valence-corrected chi connectivity index (χ4v) is 2.75. The zero-order chi connectivity index (χ0) is 15.5. The first-order valence-electron chi connectivity index (χ1n) is 6.15. The van der Waals surface area contributed by atoms with Crippen LogP contribution in [0.4, 0.5) is 8.78 Å². The van der Waals surface area contributed by atoms with Crippen LogP contribution in [0.15, 0.2) is 47.4 Å². The molecule has 7 heteroatoms. The van der Waals surface area contributed by atoms with E-state index in [9.17, 15) is 17.2 Å². The van der Waals surface area contributed by atoms with E-state index in [0.717, 1.165) is 17.7 Å². The van der Waals surface area contributed by atoms with Crippen LogP contribution in [0.25, 0.3) is 0 Å². The molecule has 4 nitrogen and oxygen atoms in total. The van der Waals surface area contributed by atoms with Crippen LogP contribution in [0.5, 0.6) is 0 Å². The van der Waals surface area contributed by atoms with Crippen molar-refractivity contribution in [2.45, 2.75) is 18.0 Å². The summed E-state index contributed by atoms with van der Waals surface area (Å²) in [5.41, 5.74) is 5.89. The number of benzene rings is 2. The van der Waals surface area contributed by atoms with Gasteiger partial charge in [0.2, 0.25) is 10.0 Å². The van der Waals surface area contributed by atoms with Gasteiger partial charge < -0.3 is 5.73 Å². The van der Waals surface area contributed by atoms with Crippen molar-refractivity contribution >= 4 is 10.0 Å². The smallest absolute Gasteiger partial charge is 0.240 e. The molecule has 0 aliphatic rings. The lowest BCUT2D eigenvalue weighted by Gasteiger charge is -2.09. The summed E-state index contributed by atoms with van der Waals surface area (Å²) in [6, 6.07) is 9.31. The number of halogens is 2. The minimum absolute atomic E-state index is 0.0106. The fourth-order valence-electron chi connectivity index (χ4n) is 1.76. The molecule has 0 unspecified atom stereocenters. The number of hydrogen-bond acceptors (Lipinski definition) is 3. The maximum Gasteiger partial charge on any atom is 0.240 e. The van der Waals surface area contributed by atoms with Crippen molar-refractivity contribution in [1.82, 2.24) is 4.72 Å². The Balaban J connectivity index is 2.17. The molecular formula is C14H14F2N2O2S. The van der Waals surface area contributed by atoms with Gasteiger partial charge in [0.25, 0.3) is 0 Å². The highest BCUT2D eigenvalue weighted by Crippen LogP contribution is 2.14. The molecule has 2 aromatic carbocycles. The predicted octanol–water partition coefficient (Wildman–Crippen LogP) is 1.90. The third-order valence-corrected chi connectivity index (χ3v) is 4.39. The monoisotopic (exact) mass is 312 g/mol. The molecule has 3 N–H and O–H groups in total. The Bertz CT molecular complexity index is 711. The molecule has 0 heterocycles. The van der Waals surface area contributed by atoms with Crippen LogP contribution in [0.2, 0.25) is 0 Å². The second kappa shape index (κ2) is 6.30.